The van der Waals surface area contributed by atoms with Crippen LogP contribution >= 0.6 is 11.8 Å². The van der Waals surface area contributed by atoms with E-state index >= 15 is 0 Å². The van der Waals surface area contributed by atoms with Crippen molar-refractivity contribution in [3.05, 3.63) is 113 Å². The van der Waals surface area contributed by atoms with Crippen LogP contribution in [0.3, 0.4) is 0 Å². The second kappa shape index (κ2) is 9.44. The summed E-state index contributed by atoms with van der Waals surface area (Å²) in [5.74, 6) is -0.109. The molecule has 0 aliphatic heterocycles. The van der Waals surface area contributed by atoms with Crippen molar-refractivity contribution in [1.29, 1.82) is 0 Å². The topological polar surface area (TPSA) is 94.2 Å². The first-order chi connectivity index (χ1) is 17.0. The Balaban J connectivity index is 1.26. The van der Waals surface area contributed by atoms with E-state index in [0.29, 0.717) is 11.3 Å². The molecule has 5 aromatic rings. The number of carbonyl (C=O) groups is 2. The number of thioether (sulfide) groups is 1. The minimum atomic E-state index is -0.510. The van der Waals surface area contributed by atoms with E-state index in [1.807, 2.05) is 60.7 Å². The first kappa shape index (κ1) is 22.4. The molecule has 0 atom stereocenters. The molecule has 4 aromatic carbocycles. The molecule has 7 nitrogen and oxygen atoms in total. The van der Waals surface area contributed by atoms with Gasteiger partial charge in [-0.1, -0.05) is 36.4 Å². The first-order valence-electron chi connectivity index (χ1n) is 10.8. The van der Waals surface area contributed by atoms with Gasteiger partial charge in [-0.3, -0.25) is 24.3 Å². The molecule has 0 saturated carbocycles. The highest BCUT2D eigenvalue weighted by Crippen LogP contribution is 2.30. The smallest absolute Gasteiger partial charge is 0.269 e. The molecule has 1 aromatic heterocycles. The van der Waals surface area contributed by atoms with Crippen molar-refractivity contribution >= 4 is 56.8 Å². The maximum atomic E-state index is 13.2. The number of hydrogen-bond donors (Lipinski definition) is 1. The van der Waals surface area contributed by atoms with Gasteiger partial charge >= 0.3 is 0 Å². The molecule has 35 heavy (non-hydrogen) atoms. The van der Waals surface area contributed by atoms with Gasteiger partial charge < -0.3 is 5.32 Å². The number of non-ortho nitro benzene ring substituents is 1. The number of nitrogens with zero attached hydrogens (tertiary/aromatic N) is 2. The maximum absolute atomic E-state index is 13.2. The van der Waals surface area contributed by atoms with Crippen LogP contribution < -0.4 is 5.32 Å². The summed E-state index contributed by atoms with van der Waals surface area (Å²) in [6.07, 6.45) is 0. The van der Waals surface area contributed by atoms with E-state index in [0.717, 1.165) is 26.7 Å². The molecule has 8 heteroatoms. The van der Waals surface area contributed by atoms with Crippen LogP contribution in [0.25, 0.3) is 21.8 Å². The number of para-hydroxylation sites is 2. The van der Waals surface area contributed by atoms with Crippen molar-refractivity contribution in [3.63, 3.8) is 0 Å². The zero-order chi connectivity index (χ0) is 24.4. The molecular formula is C27H19N3O4S. The number of carbonyl (C=O) groups excluding carboxylic acids is 2. The summed E-state index contributed by atoms with van der Waals surface area (Å²) in [4.78, 5) is 36.7. The SMILES string of the molecule is O=C(Nc1ccc(SCC(=O)n2c3ccccc3c3ccccc32)cc1)c1ccc([N+](=O)[O-])cc1. The van der Waals surface area contributed by atoms with Gasteiger partial charge in [0.25, 0.3) is 11.6 Å². The molecule has 0 fully saturated rings. The van der Waals surface area contributed by atoms with Crippen molar-refractivity contribution in [2.24, 2.45) is 0 Å². The molecule has 0 saturated heterocycles. The van der Waals surface area contributed by atoms with E-state index in [2.05, 4.69) is 5.32 Å². The maximum Gasteiger partial charge on any atom is 0.269 e. The summed E-state index contributed by atoms with van der Waals surface area (Å²) in [5.41, 5.74) is 2.63. The molecule has 0 radical (unpaired) electrons. The van der Waals surface area contributed by atoms with E-state index in [9.17, 15) is 19.7 Å². The zero-order valence-corrected chi connectivity index (χ0v) is 19.2. The van der Waals surface area contributed by atoms with Gasteiger partial charge in [0, 0.05) is 39.1 Å². The lowest BCUT2D eigenvalue weighted by Gasteiger charge is -2.08. The number of nitrogens with one attached hydrogen (secondary N) is 1. The largest absolute Gasteiger partial charge is 0.322 e. The monoisotopic (exact) mass is 481 g/mol. The van der Waals surface area contributed by atoms with Gasteiger partial charge in [0.1, 0.15) is 0 Å². The number of hydrogen-bond acceptors (Lipinski definition) is 5. The molecular weight excluding hydrogens is 462 g/mol. The van der Waals surface area contributed by atoms with Crippen molar-refractivity contribution in [3.8, 4) is 0 Å². The molecule has 0 bridgehead atoms. The summed E-state index contributed by atoms with van der Waals surface area (Å²) in [7, 11) is 0. The lowest BCUT2D eigenvalue weighted by atomic mass is 10.2. The number of anilines is 1. The Morgan fingerprint density at radius 2 is 1.37 bits per heavy atom. The van der Waals surface area contributed by atoms with Crippen LogP contribution in [0.4, 0.5) is 11.4 Å². The van der Waals surface area contributed by atoms with E-state index in [4.69, 9.17) is 0 Å². The summed E-state index contributed by atoms with van der Waals surface area (Å²) in [6, 6.07) is 28.4. The second-order valence-electron chi connectivity index (χ2n) is 7.83. The van der Waals surface area contributed by atoms with Crippen LogP contribution in [-0.4, -0.2) is 27.1 Å². The molecule has 0 unspecified atom stereocenters. The van der Waals surface area contributed by atoms with Crippen LogP contribution in [0, 0.1) is 10.1 Å². The predicted octanol–water partition coefficient (Wildman–Crippen LogP) is 6.39. The van der Waals surface area contributed by atoms with Crippen LogP contribution in [0.2, 0.25) is 0 Å². The minimum Gasteiger partial charge on any atom is -0.322 e. The van der Waals surface area contributed by atoms with Crippen molar-refractivity contribution in [1.82, 2.24) is 4.57 Å². The fourth-order valence-electron chi connectivity index (χ4n) is 3.97. The van der Waals surface area contributed by atoms with E-state index in [1.165, 1.54) is 36.0 Å². The van der Waals surface area contributed by atoms with E-state index < -0.39 is 4.92 Å². The standard InChI is InChI=1S/C27H19N3O4S/c31-26(29-24-7-3-1-5-22(24)23-6-2-4-8-25(23)29)17-35-21-15-11-19(12-16-21)28-27(32)18-9-13-20(14-10-18)30(33)34/h1-16H,17H2,(H,28,32). The van der Waals surface area contributed by atoms with Crippen molar-refractivity contribution in [2.45, 2.75) is 4.90 Å². The van der Waals surface area contributed by atoms with Crippen molar-refractivity contribution in [2.75, 3.05) is 11.1 Å². The number of nitro groups is 1. The minimum absolute atomic E-state index is 0.0112. The Morgan fingerprint density at radius 1 is 0.800 bits per heavy atom. The molecule has 0 spiro atoms. The van der Waals surface area contributed by atoms with Gasteiger partial charge in [-0.2, -0.15) is 0 Å². The van der Waals surface area contributed by atoms with Crippen LogP contribution in [0.15, 0.2) is 102 Å². The molecule has 172 valence electrons. The number of benzene rings is 4. The van der Waals surface area contributed by atoms with Gasteiger partial charge in [-0.15, -0.1) is 11.8 Å². The number of rotatable bonds is 6. The lowest BCUT2D eigenvalue weighted by Crippen LogP contribution is -2.13. The molecule has 1 heterocycles. The van der Waals surface area contributed by atoms with Gasteiger partial charge in [0.2, 0.25) is 5.91 Å². The Bertz CT molecular complexity index is 1520. The highest BCUT2D eigenvalue weighted by molar-refractivity contribution is 8.00. The van der Waals surface area contributed by atoms with Crippen LogP contribution in [0.5, 0.6) is 0 Å². The Hall–Kier alpha value is -4.43. The third-order valence-electron chi connectivity index (χ3n) is 5.64. The number of fused-ring (bicyclic) bond motifs is 3. The molecule has 1 amide bonds. The third-order valence-corrected chi connectivity index (χ3v) is 6.64. The van der Waals surface area contributed by atoms with Crippen LogP contribution in [0.1, 0.15) is 15.2 Å². The fraction of sp³-hybridized carbons (Fsp3) is 0.0370. The van der Waals surface area contributed by atoms with Gasteiger partial charge in [-0.25, -0.2) is 0 Å². The van der Waals surface area contributed by atoms with Gasteiger partial charge in [0.05, 0.1) is 21.7 Å². The summed E-state index contributed by atoms with van der Waals surface area (Å²) >= 11 is 1.43. The Labute approximate surface area is 204 Å². The summed E-state index contributed by atoms with van der Waals surface area (Å²) in [5, 5.41) is 15.6. The van der Waals surface area contributed by atoms with Gasteiger partial charge in [-0.05, 0) is 48.5 Å². The summed E-state index contributed by atoms with van der Waals surface area (Å²) < 4.78 is 1.77. The molecule has 5 rings (SSSR count). The number of nitro benzene ring substituents is 1. The van der Waals surface area contributed by atoms with E-state index in [-0.39, 0.29) is 23.3 Å². The predicted molar refractivity (Wildman–Crippen MR) is 138 cm³/mol. The molecule has 0 aliphatic carbocycles. The molecule has 1 N–H and O–H groups in total. The summed E-state index contributed by atoms with van der Waals surface area (Å²) in [6.45, 7) is 0. The first-order valence-corrected chi connectivity index (χ1v) is 11.8. The molecule has 0 aliphatic rings. The Kier molecular flexibility index (Phi) is 6.03. The quantitative estimate of drug-likeness (QED) is 0.172. The second-order valence-corrected chi connectivity index (χ2v) is 8.88. The average molecular weight is 482 g/mol. The number of amides is 1. The average Bonchev–Trinajstić information content (AvgIpc) is 3.23. The van der Waals surface area contributed by atoms with E-state index in [1.54, 1.807) is 16.7 Å². The van der Waals surface area contributed by atoms with Crippen LogP contribution in [-0.2, 0) is 0 Å². The van der Waals surface area contributed by atoms with Crippen molar-refractivity contribution < 1.29 is 14.5 Å². The number of aromatic nitrogens is 1. The zero-order valence-electron chi connectivity index (χ0n) is 18.4. The van der Waals surface area contributed by atoms with Gasteiger partial charge in [0.15, 0.2) is 0 Å². The highest BCUT2D eigenvalue weighted by Gasteiger charge is 2.16. The normalized spacial score (nSPS) is 11.0. The fourth-order valence-corrected chi connectivity index (χ4v) is 4.72. The lowest BCUT2D eigenvalue weighted by molar-refractivity contribution is -0.384. The third kappa shape index (κ3) is 4.51. The Morgan fingerprint density at radius 3 is 1.94 bits per heavy atom. The highest BCUT2D eigenvalue weighted by atomic mass is 32.2.